The average molecular weight is 402 g/mol. The van der Waals surface area contributed by atoms with E-state index in [2.05, 4.69) is 4.98 Å². The molecule has 0 aliphatic rings. The van der Waals surface area contributed by atoms with Crippen LogP contribution in [0.25, 0.3) is 16.8 Å². The third-order valence-corrected chi connectivity index (χ3v) is 4.88. The zero-order valence-electron chi connectivity index (χ0n) is 16.4. The number of carbonyl (C=O) groups is 1. The first kappa shape index (κ1) is 20.0. The van der Waals surface area contributed by atoms with E-state index in [1.165, 1.54) is 13.2 Å². The fourth-order valence-corrected chi connectivity index (χ4v) is 3.33. The zero-order chi connectivity index (χ0) is 20.5. The number of imidazole rings is 1. The van der Waals surface area contributed by atoms with Crippen molar-refractivity contribution in [3.05, 3.63) is 53.4 Å². The molecule has 3 rings (SSSR count). The molecule has 6 nitrogen and oxygen atoms in total. The highest BCUT2D eigenvalue weighted by molar-refractivity contribution is 6.30. The maximum atomic E-state index is 12.1. The van der Waals surface area contributed by atoms with Crippen molar-refractivity contribution in [1.29, 1.82) is 0 Å². The average Bonchev–Trinajstić information content (AvgIpc) is 3.03. The summed E-state index contributed by atoms with van der Waals surface area (Å²) < 4.78 is 6.90. The fraction of sp³-hybridized carbons (Fsp3) is 0.333. The molecular formula is C21H24ClN3O3. The lowest BCUT2D eigenvalue weighted by molar-refractivity contribution is 0.0842. The second kappa shape index (κ2) is 7.72. The largest absolute Gasteiger partial charge is 0.507 e. The summed E-state index contributed by atoms with van der Waals surface area (Å²) in [5.41, 5.74) is 2.95. The summed E-state index contributed by atoms with van der Waals surface area (Å²) in [5, 5.41) is 10.7. The number of phenols is 1. The van der Waals surface area contributed by atoms with Crippen LogP contribution in [0.15, 0.2) is 42.7 Å². The smallest absolute Gasteiger partial charge is 0.409 e. The fourth-order valence-electron chi connectivity index (χ4n) is 3.16. The number of phenolic OH excluding ortho intramolecular Hbond substituents is 1. The van der Waals surface area contributed by atoms with Gasteiger partial charge in [0.05, 0.1) is 7.11 Å². The van der Waals surface area contributed by atoms with Crippen molar-refractivity contribution in [3.63, 3.8) is 0 Å². The Kier molecular flexibility index (Phi) is 5.52. The van der Waals surface area contributed by atoms with Gasteiger partial charge >= 0.3 is 6.09 Å². The number of hydrogen-bond donors (Lipinski definition) is 1. The minimum absolute atomic E-state index is 0.123. The van der Waals surface area contributed by atoms with Crippen LogP contribution in [0, 0.1) is 0 Å². The summed E-state index contributed by atoms with van der Waals surface area (Å²) in [6.07, 6.45) is 4.00. The lowest BCUT2D eigenvalue weighted by Crippen LogP contribution is -2.46. The molecular weight excluding hydrogens is 378 g/mol. The Bertz CT molecular complexity index is 1010. The summed E-state index contributed by atoms with van der Waals surface area (Å²) >= 11 is 5.93. The number of fused-ring (bicyclic) bond motifs is 1. The van der Waals surface area contributed by atoms with Crippen molar-refractivity contribution in [3.8, 4) is 16.9 Å². The molecule has 0 aliphatic carbocycles. The minimum Gasteiger partial charge on any atom is -0.507 e. The molecule has 0 saturated carbocycles. The van der Waals surface area contributed by atoms with E-state index < -0.39 is 0 Å². The van der Waals surface area contributed by atoms with Gasteiger partial charge in [-0.05, 0) is 51.1 Å². The second-order valence-electron chi connectivity index (χ2n) is 7.60. The molecule has 0 bridgehead atoms. The molecule has 0 saturated heterocycles. The van der Waals surface area contributed by atoms with Gasteiger partial charge in [0.25, 0.3) is 0 Å². The van der Waals surface area contributed by atoms with Crippen LogP contribution in [-0.2, 0) is 11.2 Å². The van der Waals surface area contributed by atoms with Gasteiger partial charge in [-0.2, -0.15) is 0 Å². The molecule has 2 heterocycles. The third-order valence-electron chi connectivity index (χ3n) is 4.65. The van der Waals surface area contributed by atoms with Crippen molar-refractivity contribution < 1.29 is 14.6 Å². The van der Waals surface area contributed by atoms with Crippen molar-refractivity contribution >= 4 is 23.3 Å². The molecule has 3 aromatic rings. The molecule has 1 aromatic carbocycles. The Morgan fingerprint density at radius 2 is 2.04 bits per heavy atom. The van der Waals surface area contributed by atoms with Crippen LogP contribution in [0.2, 0.25) is 5.02 Å². The maximum Gasteiger partial charge on any atom is 0.409 e. The molecule has 0 aliphatic heterocycles. The molecule has 28 heavy (non-hydrogen) atoms. The molecule has 0 spiro atoms. The van der Waals surface area contributed by atoms with Gasteiger partial charge < -0.3 is 19.1 Å². The van der Waals surface area contributed by atoms with E-state index in [4.69, 9.17) is 16.3 Å². The van der Waals surface area contributed by atoms with Crippen LogP contribution < -0.4 is 0 Å². The van der Waals surface area contributed by atoms with E-state index in [1.54, 1.807) is 23.2 Å². The first-order chi connectivity index (χ1) is 13.2. The highest BCUT2D eigenvalue weighted by Crippen LogP contribution is 2.31. The van der Waals surface area contributed by atoms with Gasteiger partial charge in [-0.1, -0.05) is 11.6 Å². The number of halogens is 1. The van der Waals surface area contributed by atoms with E-state index in [9.17, 15) is 9.90 Å². The van der Waals surface area contributed by atoms with Crippen molar-refractivity contribution in [2.75, 3.05) is 13.7 Å². The molecule has 2 aromatic heterocycles. The molecule has 1 N–H and O–H groups in total. The first-order valence-electron chi connectivity index (χ1n) is 9.01. The van der Waals surface area contributed by atoms with Crippen LogP contribution in [0.1, 0.15) is 26.5 Å². The number of pyridine rings is 1. The summed E-state index contributed by atoms with van der Waals surface area (Å²) in [5.74, 6) is 0.123. The number of hydrogen-bond acceptors (Lipinski definition) is 4. The predicted molar refractivity (Wildman–Crippen MR) is 110 cm³/mol. The summed E-state index contributed by atoms with van der Waals surface area (Å²) in [6, 6.07) is 8.86. The van der Waals surface area contributed by atoms with Gasteiger partial charge in [0.1, 0.15) is 11.4 Å². The van der Waals surface area contributed by atoms with E-state index >= 15 is 0 Å². The Balaban J connectivity index is 1.91. The number of methoxy groups -OCH3 is 1. The van der Waals surface area contributed by atoms with Gasteiger partial charge in [-0.3, -0.25) is 0 Å². The lowest BCUT2D eigenvalue weighted by atomic mass is 10.1. The van der Waals surface area contributed by atoms with Gasteiger partial charge in [-0.15, -0.1) is 0 Å². The molecule has 0 atom stereocenters. The van der Waals surface area contributed by atoms with E-state index in [-0.39, 0.29) is 17.4 Å². The number of carbonyl (C=O) groups excluding carboxylic acids is 1. The predicted octanol–water partition coefficient (Wildman–Crippen LogP) is 4.77. The molecule has 0 unspecified atom stereocenters. The summed E-state index contributed by atoms with van der Waals surface area (Å²) in [4.78, 5) is 18.3. The van der Waals surface area contributed by atoms with Crippen LogP contribution in [-0.4, -0.2) is 44.7 Å². The summed E-state index contributed by atoms with van der Waals surface area (Å²) in [6.45, 7) is 6.42. The van der Waals surface area contributed by atoms with Crippen LogP contribution in [0.5, 0.6) is 5.75 Å². The monoisotopic (exact) mass is 401 g/mol. The van der Waals surface area contributed by atoms with Crippen molar-refractivity contribution in [2.45, 2.75) is 32.7 Å². The number of benzene rings is 1. The van der Waals surface area contributed by atoms with Crippen LogP contribution in [0.3, 0.4) is 0 Å². The van der Waals surface area contributed by atoms with Crippen molar-refractivity contribution in [1.82, 2.24) is 14.3 Å². The molecule has 148 valence electrons. The van der Waals surface area contributed by atoms with Gasteiger partial charge in [0.15, 0.2) is 0 Å². The number of amides is 1. The van der Waals surface area contributed by atoms with E-state index in [1.807, 2.05) is 43.5 Å². The van der Waals surface area contributed by atoms with Gasteiger partial charge in [0, 0.05) is 52.7 Å². The Morgan fingerprint density at radius 3 is 2.68 bits per heavy atom. The minimum atomic E-state index is -0.354. The topological polar surface area (TPSA) is 67.1 Å². The first-order valence-corrected chi connectivity index (χ1v) is 9.39. The van der Waals surface area contributed by atoms with E-state index in [0.29, 0.717) is 23.6 Å². The highest BCUT2D eigenvalue weighted by Gasteiger charge is 2.27. The van der Waals surface area contributed by atoms with E-state index in [0.717, 1.165) is 16.9 Å². The van der Waals surface area contributed by atoms with Crippen molar-refractivity contribution in [2.24, 2.45) is 0 Å². The second-order valence-corrected chi connectivity index (χ2v) is 8.04. The highest BCUT2D eigenvalue weighted by atomic mass is 35.5. The number of rotatable bonds is 4. The number of aromatic nitrogens is 2. The normalized spacial score (nSPS) is 11.6. The van der Waals surface area contributed by atoms with Crippen LogP contribution >= 0.6 is 11.6 Å². The molecule has 0 radical (unpaired) electrons. The summed E-state index contributed by atoms with van der Waals surface area (Å²) in [7, 11) is 1.39. The van der Waals surface area contributed by atoms with Gasteiger partial charge in [-0.25, -0.2) is 9.78 Å². The molecule has 0 fully saturated rings. The SMILES string of the molecule is COC(=O)N(CCc1cnc2ccc(-c3ccc(Cl)cc3O)cn12)C(C)(C)C. The number of aromatic hydroxyl groups is 1. The van der Waals surface area contributed by atoms with Crippen LogP contribution in [0.4, 0.5) is 4.79 Å². The molecule has 1 amide bonds. The Labute approximate surface area is 169 Å². The Hall–Kier alpha value is -2.73. The standard InChI is InChI=1S/C21H24ClN3O3/c1-21(2,3)25(20(27)28-4)10-9-16-12-23-19-8-5-14(13-24(16)19)17-7-6-15(22)11-18(17)26/h5-8,11-13,26H,9-10H2,1-4H3. The zero-order valence-corrected chi connectivity index (χ0v) is 17.2. The Morgan fingerprint density at radius 1 is 1.29 bits per heavy atom. The maximum absolute atomic E-state index is 12.1. The molecule has 7 heteroatoms. The quantitative estimate of drug-likeness (QED) is 0.683. The third kappa shape index (κ3) is 4.07. The lowest BCUT2D eigenvalue weighted by Gasteiger charge is -2.34. The number of nitrogens with zero attached hydrogens (tertiary/aromatic N) is 3. The van der Waals surface area contributed by atoms with Gasteiger partial charge in [0.2, 0.25) is 0 Å². The number of ether oxygens (including phenoxy) is 1.